The summed E-state index contributed by atoms with van der Waals surface area (Å²) in [6.07, 6.45) is 5.40. The van der Waals surface area contributed by atoms with Crippen LogP contribution in [0.5, 0.6) is 0 Å². The second-order valence-corrected chi connectivity index (χ2v) is 7.37. The van der Waals surface area contributed by atoms with E-state index in [2.05, 4.69) is 26.8 Å². The van der Waals surface area contributed by atoms with E-state index in [1.165, 1.54) is 12.1 Å². The van der Waals surface area contributed by atoms with Crippen LogP contribution in [0.2, 0.25) is 0 Å². The summed E-state index contributed by atoms with van der Waals surface area (Å²) >= 11 is 0. The molecule has 0 spiro atoms. The van der Waals surface area contributed by atoms with Crippen LogP contribution in [-0.4, -0.2) is 20.4 Å². The minimum Gasteiger partial charge on any atom is -0.382 e. The molecular formula is C22H19FN5. The third-order valence-corrected chi connectivity index (χ3v) is 5.66. The van der Waals surface area contributed by atoms with Crippen LogP contribution in [0.4, 0.5) is 10.2 Å². The highest BCUT2D eigenvalue weighted by molar-refractivity contribution is 5.91. The fourth-order valence-electron chi connectivity index (χ4n) is 3.91. The Morgan fingerprint density at radius 1 is 1.00 bits per heavy atom. The molecule has 0 amide bonds. The van der Waals surface area contributed by atoms with E-state index in [0.717, 1.165) is 52.7 Å². The third kappa shape index (κ3) is 2.81. The lowest BCUT2D eigenvalue weighted by Crippen LogP contribution is -2.35. The molecule has 2 aromatic carbocycles. The number of rotatable bonds is 4. The number of nitrogens with zero attached hydrogens (tertiary/aromatic N) is 3. The first-order valence-electron chi connectivity index (χ1n) is 9.33. The predicted octanol–water partition coefficient (Wildman–Crippen LogP) is 4.42. The van der Waals surface area contributed by atoms with Crippen molar-refractivity contribution in [2.45, 2.75) is 24.7 Å². The number of fused-ring (bicyclic) bond motifs is 1. The van der Waals surface area contributed by atoms with Crippen LogP contribution in [0.15, 0.2) is 54.6 Å². The second-order valence-electron chi connectivity index (χ2n) is 7.37. The topological polar surface area (TPSA) is 80.5 Å². The first-order valence-corrected chi connectivity index (χ1v) is 9.33. The Kier molecular flexibility index (Phi) is 3.86. The van der Waals surface area contributed by atoms with Crippen molar-refractivity contribution in [1.29, 1.82) is 0 Å². The minimum atomic E-state index is -0.211. The molecule has 1 fully saturated rings. The lowest BCUT2D eigenvalue weighted by molar-refractivity contribution is 0.292. The lowest BCUT2D eigenvalue weighted by atomic mass is 9.62. The molecule has 0 atom stereocenters. The molecule has 0 aliphatic heterocycles. The summed E-state index contributed by atoms with van der Waals surface area (Å²) in [4.78, 5) is 0. The van der Waals surface area contributed by atoms with Crippen LogP contribution in [-0.2, 0) is 5.41 Å². The quantitative estimate of drug-likeness (QED) is 0.556. The van der Waals surface area contributed by atoms with E-state index in [4.69, 9.17) is 5.73 Å². The molecule has 6 heteroatoms. The molecule has 5 rings (SSSR count). The number of nitrogens with one attached hydrogen (secondary N) is 1. The first kappa shape index (κ1) is 16.9. The molecule has 28 heavy (non-hydrogen) atoms. The molecule has 5 nitrogen and oxygen atoms in total. The molecule has 0 unspecified atom stereocenters. The average Bonchev–Trinajstić information content (AvgIpc) is 3.06. The van der Waals surface area contributed by atoms with Gasteiger partial charge in [-0.2, -0.15) is 15.3 Å². The Labute approximate surface area is 161 Å². The van der Waals surface area contributed by atoms with Gasteiger partial charge in [0.05, 0.1) is 16.9 Å². The molecule has 2 aromatic heterocycles. The number of anilines is 1. The Morgan fingerprint density at radius 3 is 2.50 bits per heavy atom. The number of aromatic amines is 1. The van der Waals surface area contributed by atoms with Crippen molar-refractivity contribution in [2.75, 3.05) is 5.73 Å². The number of benzene rings is 2. The van der Waals surface area contributed by atoms with E-state index in [0.29, 0.717) is 5.82 Å². The molecule has 2 heterocycles. The van der Waals surface area contributed by atoms with E-state index in [1.54, 1.807) is 0 Å². The summed E-state index contributed by atoms with van der Waals surface area (Å²) in [6, 6.07) is 16.6. The number of hydrogen-bond donors (Lipinski definition) is 2. The zero-order valence-electron chi connectivity index (χ0n) is 15.2. The number of halogens is 1. The van der Waals surface area contributed by atoms with Gasteiger partial charge in [0.2, 0.25) is 0 Å². The molecule has 1 radical (unpaired) electrons. The monoisotopic (exact) mass is 372 g/mol. The van der Waals surface area contributed by atoms with Gasteiger partial charge in [0, 0.05) is 22.8 Å². The fraction of sp³-hybridized carbons (Fsp3) is 0.182. The van der Waals surface area contributed by atoms with Crippen LogP contribution >= 0.6 is 0 Å². The normalized spacial score (nSPS) is 15.5. The maximum atomic E-state index is 13.3. The van der Waals surface area contributed by atoms with Crippen molar-refractivity contribution in [1.82, 2.24) is 20.4 Å². The average molecular weight is 372 g/mol. The summed E-state index contributed by atoms with van der Waals surface area (Å²) in [5, 5.41) is 16.6. The number of nitrogens with two attached hydrogens (primary N) is 1. The van der Waals surface area contributed by atoms with Crippen molar-refractivity contribution in [3.05, 3.63) is 78.1 Å². The molecule has 1 aliphatic carbocycles. The number of aromatic nitrogens is 4. The fourth-order valence-corrected chi connectivity index (χ4v) is 3.91. The van der Waals surface area contributed by atoms with Gasteiger partial charge in [-0.15, -0.1) is 0 Å². The largest absolute Gasteiger partial charge is 0.382 e. The first-order chi connectivity index (χ1) is 13.6. The van der Waals surface area contributed by atoms with Crippen LogP contribution < -0.4 is 5.73 Å². The smallest absolute Gasteiger partial charge is 0.153 e. The summed E-state index contributed by atoms with van der Waals surface area (Å²) in [5.41, 5.74) is 10.4. The van der Waals surface area contributed by atoms with Gasteiger partial charge >= 0.3 is 0 Å². The van der Waals surface area contributed by atoms with E-state index in [1.807, 2.05) is 42.5 Å². The summed E-state index contributed by atoms with van der Waals surface area (Å²) < 4.78 is 13.3. The van der Waals surface area contributed by atoms with Gasteiger partial charge in [0.15, 0.2) is 5.82 Å². The molecule has 3 N–H and O–H groups in total. The summed E-state index contributed by atoms with van der Waals surface area (Å²) in [5.74, 6) is 0.263. The SMILES string of the molecule is Nc1n[nH]c2ccc(-c3ccc([CH]C4(c5ccc(F)cc5)CCC4)nn3)cc12. The van der Waals surface area contributed by atoms with E-state index < -0.39 is 0 Å². The van der Waals surface area contributed by atoms with E-state index >= 15 is 0 Å². The second kappa shape index (κ2) is 6.41. The van der Waals surface area contributed by atoms with Crippen LogP contribution in [0.3, 0.4) is 0 Å². The standard InChI is InChI=1S/C22H19FN5/c23-16-5-3-15(4-6-16)22(10-1-11-22)13-17-7-9-19(26-25-17)14-2-8-20-18(12-14)21(24)28-27-20/h2-9,12-13H,1,10-11H2,(H3,24,27,28). The van der Waals surface area contributed by atoms with Crippen molar-refractivity contribution in [3.63, 3.8) is 0 Å². The number of nitrogen functional groups attached to an aromatic ring is 1. The maximum absolute atomic E-state index is 13.3. The number of hydrogen-bond acceptors (Lipinski definition) is 4. The molecular weight excluding hydrogens is 353 g/mol. The number of H-pyrrole nitrogens is 1. The van der Waals surface area contributed by atoms with E-state index in [-0.39, 0.29) is 11.2 Å². The van der Waals surface area contributed by atoms with Gasteiger partial charge in [-0.1, -0.05) is 24.6 Å². The Morgan fingerprint density at radius 2 is 1.82 bits per heavy atom. The molecule has 0 saturated heterocycles. The zero-order valence-corrected chi connectivity index (χ0v) is 15.2. The highest BCUT2D eigenvalue weighted by Crippen LogP contribution is 2.47. The van der Waals surface area contributed by atoms with Gasteiger partial charge in [0.1, 0.15) is 5.82 Å². The molecule has 1 saturated carbocycles. The Hall–Kier alpha value is -3.28. The summed E-state index contributed by atoms with van der Waals surface area (Å²) in [7, 11) is 0. The highest BCUT2D eigenvalue weighted by atomic mass is 19.1. The Balaban J connectivity index is 1.41. The maximum Gasteiger partial charge on any atom is 0.153 e. The van der Waals surface area contributed by atoms with Crippen molar-refractivity contribution in [3.8, 4) is 11.3 Å². The van der Waals surface area contributed by atoms with Crippen LogP contribution in [0.25, 0.3) is 22.2 Å². The van der Waals surface area contributed by atoms with Gasteiger partial charge in [-0.25, -0.2) is 4.39 Å². The molecule has 1 aliphatic rings. The van der Waals surface area contributed by atoms with E-state index in [9.17, 15) is 4.39 Å². The highest BCUT2D eigenvalue weighted by Gasteiger charge is 2.39. The van der Waals surface area contributed by atoms with Gasteiger partial charge < -0.3 is 5.73 Å². The lowest BCUT2D eigenvalue weighted by Gasteiger charge is -2.42. The van der Waals surface area contributed by atoms with Gasteiger partial charge in [-0.05, 0) is 54.8 Å². The zero-order chi connectivity index (χ0) is 19.1. The van der Waals surface area contributed by atoms with Gasteiger partial charge in [-0.3, -0.25) is 5.10 Å². The summed E-state index contributed by atoms with van der Waals surface area (Å²) in [6.45, 7) is 0. The third-order valence-electron chi connectivity index (χ3n) is 5.66. The molecule has 4 aromatic rings. The van der Waals surface area contributed by atoms with Crippen LogP contribution in [0, 0.1) is 12.2 Å². The molecule has 139 valence electrons. The predicted molar refractivity (Wildman–Crippen MR) is 107 cm³/mol. The van der Waals surface area contributed by atoms with Gasteiger partial charge in [0.25, 0.3) is 0 Å². The Bertz CT molecular complexity index is 1130. The van der Waals surface area contributed by atoms with Crippen molar-refractivity contribution in [2.24, 2.45) is 0 Å². The van der Waals surface area contributed by atoms with Crippen molar-refractivity contribution < 1.29 is 4.39 Å². The van der Waals surface area contributed by atoms with Crippen LogP contribution in [0.1, 0.15) is 30.5 Å². The van der Waals surface area contributed by atoms with Crippen molar-refractivity contribution >= 4 is 16.7 Å². The minimum absolute atomic E-state index is 0.0753. The molecule has 0 bridgehead atoms.